The van der Waals surface area contributed by atoms with E-state index >= 15 is 0 Å². The second-order valence-corrected chi connectivity index (χ2v) is 4.52. The lowest BCUT2D eigenvalue weighted by Crippen LogP contribution is -2.21. The number of aryl methyl sites for hydroxylation is 2. The molecule has 86 valence electrons. The summed E-state index contributed by atoms with van der Waals surface area (Å²) in [6.07, 6.45) is 1.02. The maximum absolute atomic E-state index is 4.54. The van der Waals surface area contributed by atoms with Crippen LogP contribution in [0.25, 0.3) is 0 Å². The molecular weight excluding hydrogens is 254 g/mol. The number of halogens is 1. The fraction of sp³-hybridized carbons (Fsp3) is 0.727. The Morgan fingerprint density at radius 3 is 2.73 bits per heavy atom. The van der Waals surface area contributed by atoms with E-state index < -0.39 is 0 Å². The van der Waals surface area contributed by atoms with Gasteiger partial charge in [-0.25, -0.2) is 0 Å². The van der Waals surface area contributed by atoms with Crippen LogP contribution in [0.3, 0.4) is 0 Å². The van der Waals surface area contributed by atoms with Gasteiger partial charge in [0.05, 0.1) is 11.4 Å². The minimum Gasteiger partial charge on any atom is -0.300 e. The Balaban J connectivity index is 2.69. The molecule has 0 aromatic carbocycles. The minimum absolute atomic E-state index is 0.956. The predicted molar refractivity (Wildman–Crippen MR) is 67.4 cm³/mol. The van der Waals surface area contributed by atoms with Crippen molar-refractivity contribution in [1.29, 1.82) is 0 Å². The highest BCUT2D eigenvalue weighted by atomic mass is 79.9. The van der Waals surface area contributed by atoms with Gasteiger partial charge in [-0.3, -0.25) is 9.58 Å². The van der Waals surface area contributed by atoms with Crippen LogP contribution in [0, 0.1) is 0 Å². The highest BCUT2D eigenvalue weighted by molar-refractivity contribution is 9.09. The van der Waals surface area contributed by atoms with Crippen molar-refractivity contribution in [2.75, 3.05) is 18.9 Å². The SMILES string of the molecule is CCc1cc(CN(C)CCBr)n(CC)n1. The molecular formula is C11H20BrN3. The van der Waals surface area contributed by atoms with Crippen molar-refractivity contribution in [3.63, 3.8) is 0 Å². The molecule has 0 fully saturated rings. The summed E-state index contributed by atoms with van der Waals surface area (Å²) in [5, 5.41) is 5.56. The molecule has 0 unspecified atom stereocenters. The maximum atomic E-state index is 4.54. The van der Waals surface area contributed by atoms with Crippen LogP contribution in [0.1, 0.15) is 25.2 Å². The van der Waals surface area contributed by atoms with Crippen LogP contribution in [-0.2, 0) is 19.5 Å². The molecule has 1 heterocycles. The van der Waals surface area contributed by atoms with Crippen molar-refractivity contribution in [2.24, 2.45) is 0 Å². The van der Waals surface area contributed by atoms with Crippen molar-refractivity contribution < 1.29 is 0 Å². The zero-order valence-electron chi connectivity index (χ0n) is 9.83. The Bertz CT molecular complexity index is 296. The molecule has 0 aliphatic rings. The third-order valence-corrected chi connectivity index (χ3v) is 2.83. The summed E-state index contributed by atoms with van der Waals surface area (Å²) >= 11 is 3.45. The van der Waals surface area contributed by atoms with Crippen molar-refractivity contribution in [3.8, 4) is 0 Å². The van der Waals surface area contributed by atoms with E-state index in [1.807, 2.05) is 0 Å². The smallest absolute Gasteiger partial charge is 0.0625 e. The van der Waals surface area contributed by atoms with Gasteiger partial charge in [0.2, 0.25) is 0 Å². The number of hydrogen-bond donors (Lipinski definition) is 0. The van der Waals surface area contributed by atoms with E-state index in [4.69, 9.17) is 0 Å². The summed E-state index contributed by atoms with van der Waals surface area (Å²) in [5.41, 5.74) is 2.51. The topological polar surface area (TPSA) is 21.1 Å². The molecule has 0 radical (unpaired) electrons. The lowest BCUT2D eigenvalue weighted by Gasteiger charge is -2.15. The minimum atomic E-state index is 0.956. The van der Waals surface area contributed by atoms with Crippen LogP contribution < -0.4 is 0 Å². The second-order valence-electron chi connectivity index (χ2n) is 3.72. The van der Waals surface area contributed by atoms with Gasteiger partial charge in [-0.1, -0.05) is 22.9 Å². The first-order valence-electron chi connectivity index (χ1n) is 5.51. The fourth-order valence-corrected chi connectivity index (χ4v) is 2.19. The van der Waals surface area contributed by atoms with E-state index in [0.29, 0.717) is 0 Å². The standard InChI is InChI=1S/C11H20BrN3/c1-4-10-8-11(15(5-2)13-10)9-14(3)7-6-12/h8H,4-7,9H2,1-3H3. The molecule has 4 heteroatoms. The van der Waals surface area contributed by atoms with E-state index in [0.717, 1.165) is 31.4 Å². The summed E-state index contributed by atoms with van der Waals surface area (Å²) in [5.74, 6) is 0. The lowest BCUT2D eigenvalue weighted by molar-refractivity contribution is 0.335. The zero-order valence-corrected chi connectivity index (χ0v) is 11.4. The first-order chi connectivity index (χ1) is 7.21. The van der Waals surface area contributed by atoms with Gasteiger partial charge in [-0.05, 0) is 26.5 Å². The second kappa shape index (κ2) is 6.28. The van der Waals surface area contributed by atoms with E-state index in [2.05, 4.69) is 57.6 Å². The normalized spacial score (nSPS) is 11.3. The van der Waals surface area contributed by atoms with Gasteiger partial charge in [-0.2, -0.15) is 5.10 Å². The third kappa shape index (κ3) is 3.61. The molecule has 0 aliphatic carbocycles. The molecule has 1 aromatic heterocycles. The Labute approximate surface area is 101 Å². The Kier molecular flexibility index (Phi) is 5.32. The summed E-state index contributed by atoms with van der Waals surface area (Å²) in [6, 6.07) is 2.22. The molecule has 1 rings (SSSR count). The van der Waals surface area contributed by atoms with Crippen LogP contribution in [0.5, 0.6) is 0 Å². The molecule has 0 bridgehead atoms. The van der Waals surface area contributed by atoms with E-state index in [1.165, 1.54) is 11.4 Å². The molecule has 0 amide bonds. The number of nitrogens with zero attached hydrogens (tertiary/aromatic N) is 3. The molecule has 0 atom stereocenters. The summed E-state index contributed by atoms with van der Waals surface area (Å²) < 4.78 is 2.10. The van der Waals surface area contributed by atoms with E-state index in [9.17, 15) is 0 Å². The first kappa shape index (κ1) is 12.7. The van der Waals surface area contributed by atoms with Crippen molar-refractivity contribution in [1.82, 2.24) is 14.7 Å². The van der Waals surface area contributed by atoms with Gasteiger partial charge >= 0.3 is 0 Å². The highest BCUT2D eigenvalue weighted by Gasteiger charge is 2.07. The number of rotatable bonds is 6. The van der Waals surface area contributed by atoms with Crippen LogP contribution >= 0.6 is 15.9 Å². The largest absolute Gasteiger partial charge is 0.300 e. The molecule has 3 nitrogen and oxygen atoms in total. The van der Waals surface area contributed by atoms with E-state index in [1.54, 1.807) is 0 Å². The van der Waals surface area contributed by atoms with Crippen molar-refractivity contribution >= 4 is 15.9 Å². The van der Waals surface area contributed by atoms with Crippen LogP contribution in [0.15, 0.2) is 6.07 Å². The monoisotopic (exact) mass is 273 g/mol. The summed E-state index contributed by atoms with van der Waals surface area (Å²) in [6.45, 7) is 7.29. The maximum Gasteiger partial charge on any atom is 0.0625 e. The Hall–Kier alpha value is -0.350. The average molecular weight is 274 g/mol. The molecule has 1 aromatic rings. The van der Waals surface area contributed by atoms with Gasteiger partial charge in [0.1, 0.15) is 0 Å². The number of aromatic nitrogens is 2. The van der Waals surface area contributed by atoms with E-state index in [-0.39, 0.29) is 0 Å². The van der Waals surface area contributed by atoms with Crippen molar-refractivity contribution in [3.05, 3.63) is 17.5 Å². The number of hydrogen-bond acceptors (Lipinski definition) is 2. The third-order valence-electron chi connectivity index (χ3n) is 2.47. The molecule has 0 spiro atoms. The van der Waals surface area contributed by atoms with Crippen LogP contribution in [-0.4, -0.2) is 33.6 Å². The Morgan fingerprint density at radius 2 is 2.20 bits per heavy atom. The molecule has 0 N–H and O–H groups in total. The van der Waals surface area contributed by atoms with Gasteiger partial charge in [0.15, 0.2) is 0 Å². The average Bonchev–Trinajstić information content (AvgIpc) is 2.60. The molecule has 15 heavy (non-hydrogen) atoms. The predicted octanol–water partition coefficient (Wildman–Crippen LogP) is 2.29. The molecule has 0 saturated heterocycles. The summed E-state index contributed by atoms with van der Waals surface area (Å²) in [4.78, 5) is 2.30. The fourth-order valence-electron chi connectivity index (χ4n) is 1.59. The highest BCUT2D eigenvalue weighted by Crippen LogP contribution is 2.08. The van der Waals surface area contributed by atoms with Gasteiger partial charge < -0.3 is 0 Å². The summed E-state index contributed by atoms with van der Waals surface area (Å²) in [7, 11) is 2.14. The Morgan fingerprint density at radius 1 is 1.47 bits per heavy atom. The quantitative estimate of drug-likeness (QED) is 0.742. The molecule has 0 saturated carbocycles. The first-order valence-corrected chi connectivity index (χ1v) is 6.63. The van der Waals surface area contributed by atoms with Gasteiger partial charge in [0.25, 0.3) is 0 Å². The van der Waals surface area contributed by atoms with Crippen LogP contribution in [0.2, 0.25) is 0 Å². The number of alkyl halides is 1. The van der Waals surface area contributed by atoms with Crippen molar-refractivity contribution in [2.45, 2.75) is 33.4 Å². The molecule has 0 aliphatic heterocycles. The zero-order chi connectivity index (χ0) is 11.3. The van der Waals surface area contributed by atoms with Gasteiger partial charge in [0, 0.05) is 25.0 Å². The van der Waals surface area contributed by atoms with Gasteiger partial charge in [-0.15, -0.1) is 0 Å². The van der Waals surface area contributed by atoms with Crippen LogP contribution in [0.4, 0.5) is 0 Å². The lowest BCUT2D eigenvalue weighted by atomic mass is 10.3.